The van der Waals surface area contributed by atoms with Gasteiger partial charge in [-0.15, -0.1) is 0 Å². The average molecular weight is 378 g/mol. The van der Waals surface area contributed by atoms with Crippen molar-refractivity contribution >= 4 is 29.3 Å². The zero-order chi connectivity index (χ0) is 18.7. The number of carbonyl (C=O) groups excluding carboxylic acids is 1. The summed E-state index contributed by atoms with van der Waals surface area (Å²) in [4.78, 5) is 27.4. The van der Waals surface area contributed by atoms with E-state index in [0.717, 1.165) is 25.9 Å². The number of likely N-dealkylation sites (tertiary alicyclic amines) is 1. The van der Waals surface area contributed by atoms with Gasteiger partial charge in [0.25, 0.3) is 5.69 Å². The molecule has 2 fully saturated rings. The topological polar surface area (TPSA) is 66.7 Å². The van der Waals surface area contributed by atoms with Crippen LogP contribution in [-0.2, 0) is 4.79 Å². The SMILES string of the molecule is CCC(=O)N1C2CCCC1CN(C/C=C/c1cc(Cl)ccc1[N+](=O)[O-])C2. The van der Waals surface area contributed by atoms with Crippen molar-refractivity contribution in [2.45, 2.75) is 44.7 Å². The van der Waals surface area contributed by atoms with E-state index in [-0.39, 0.29) is 11.6 Å². The Balaban J connectivity index is 1.66. The van der Waals surface area contributed by atoms with E-state index in [1.807, 2.05) is 13.0 Å². The predicted octanol–water partition coefficient (Wildman–Crippen LogP) is 3.74. The molecule has 140 valence electrons. The third kappa shape index (κ3) is 4.07. The third-order valence-electron chi connectivity index (χ3n) is 5.24. The van der Waals surface area contributed by atoms with Gasteiger partial charge >= 0.3 is 0 Å². The molecular formula is C19H24ClN3O3. The Morgan fingerprint density at radius 2 is 2.04 bits per heavy atom. The Bertz CT molecular complexity index is 708. The Labute approximate surface area is 158 Å². The second kappa shape index (κ2) is 8.18. The van der Waals surface area contributed by atoms with Crippen molar-refractivity contribution in [2.75, 3.05) is 19.6 Å². The number of piperazine rings is 1. The lowest BCUT2D eigenvalue weighted by molar-refractivity contribution is -0.385. The van der Waals surface area contributed by atoms with Gasteiger partial charge in [-0.2, -0.15) is 0 Å². The minimum Gasteiger partial charge on any atom is -0.334 e. The number of hydrogen-bond donors (Lipinski definition) is 0. The summed E-state index contributed by atoms with van der Waals surface area (Å²) in [5.74, 6) is 0.254. The summed E-state index contributed by atoms with van der Waals surface area (Å²) in [6.07, 6.45) is 7.58. The van der Waals surface area contributed by atoms with Gasteiger partial charge in [0.05, 0.1) is 10.5 Å². The lowest BCUT2D eigenvalue weighted by atomic mass is 9.91. The standard InChI is InChI=1S/C19H24ClN3O3/c1-2-19(24)22-16-6-3-7-17(22)13-21(12-16)10-4-5-14-11-15(20)8-9-18(14)23(25)26/h4-5,8-9,11,16-17H,2-3,6-7,10,12-13H2,1H3/b5-4+. The third-order valence-corrected chi connectivity index (χ3v) is 5.47. The lowest BCUT2D eigenvalue weighted by Gasteiger charge is -2.50. The molecule has 6 nitrogen and oxygen atoms in total. The molecule has 0 radical (unpaired) electrons. The summed E-state index contributed by atoms with van der Waals surface area (Å²) < 4.78 is 0. The predicted molar refractivity (Wildman–Crippen MR) is 102 cm³/mol. The van der Waals surface area contributed by atoms with Crippen LogP contribution in [0.15, 0.2) is 24.3 Å². The molecule has 0 aromatic heterocycles. The Hall–Kier alpha value is -1.92. The van der Waals surface area contributed by atoms with Crippen LogP contribution < -0.4 is 0 Å². The molecule has 26 heavy (non-hydrogen) atoms. The smallest absolute Gasteiger partial charge is 0.276 e. The normalized spacial score (nSPS) is 23.4. The molecular weight excluding hydrogens is 354 g/mol. The van der Waals surface area contributed by atoms with E-state index in [0.29, 0.717) is 35.6 Å². The van der Waals surface area contributed by atoms with Crippen LogP contribution in [0.2, 0.25) is 5.02 Å². The molecule has 2 bridgehead atoms. The zero-order valence-electron chi connectivity index (χ0n) is 14.9. The summed E-state index contributed by atoms with van der Waals surface area (Å²) in [5.41, 5.74) is 0.573. The molecule has 1 amide bonds. The van der Waals surface area contributed by atoms with E-state index in [4.69, 9.17) is 11.6 Å². The maximum atomic E-state index is 12.2. The molecule has 2 heterocycles. The van der Waals surface area contributed by atoms with Crippen molar-refractivity contribution < 1.29 is 9.72 Å². The van der Waals surface area contributed by atoms with Crippen molar-refractivity contribution in [3.05, 3.63) is 45.0 Å². The number of piperidine rings is 1. The first kappa shape index (κ1) is 18.9. The van der Waals surface area contributed by atoms with Crippen LogP contribution >= 0.6 is 11.6 Å². The second-order valence-corrected chi connectivity index (χ2v) is 7.41. The summed E-state index contributed by atoms with van der Waals surface area (Å²) in [6, 6.07) is 5.17. The second-order valence-electron chi connectivity index (χ2n) is 6.97. The summed E-state index contributed by atoms with van der Waals surface area (Å²) in [5, 5.41) is 11.6. The fraction of sp³-hybridized carbons (Fsp3) is 0.526. The average Bonchev–Trinajstić information content (AvgIpc) is 2.60. The van der Waals surface area contributed by atoms with Crippen LogP contribution in [0.1, 0.15) is 38.2 Å². The number of nitro groups is 1. The first-order valence-corrected chi connectivity index (χ1v) is 9.51. The largest absolute Gasteiger partial charge is 0.334 e. The molecule has 1 aromatic rings. The zero-order valence-corrected chi connectivity index (χ0v) is 15.7. The van der Waals surface area contributed by atoms with E-state index in [1.54, 1.807) is 12.1 Å². The first-order chi connectivity index (χ1) is 12.5. The highest BCUT2D eigenvalue weighted by Gasteiger charge is 2.38. The van der Waals surface area contributed by atoms with E-state index < -0.39 is 4.92 Å². The molecule has 2 atom stereocenters. The highest BCUT2D eigenvalue weighted by molar-refractivity contribution is 6.30. The van der Waals surface area contributed by atoms with Crippen LogP contribution in [-0.4, -0.2) is 52.3 Å². The maximum absolute atomic E-state index is 12.2. The van der Waals surface area contributed by atoms with Crippen LogP contribution in [0, 0.1) is 10.1 Å². The monoisotopic (exact) mass is 377 g/mol. The fourth-order valence-corrected chi connectivity index (χ4v) is 4.27. The van der Waals surface area contributed by atoms with Crippen LogP contribution in [0.3, 0.4) is 0 Å². The first-order valence-electron chi connectivity index (χ1n) is 9.13. The molecule has 0 spiro atoms. The quantitative estimate of drug-likeness (QED) is 0.579. The number of fused-ring (bicyclic) bond motifs is 2. The lowest BCUT2D eigenvalue weighted by Crippen LogP contribution is -2.62. The molecule has 2 aliphatic heterocycles. The molecule has 7 heteroatoms. The van der Waals surface area contributed by atoms with Gasteiger partial charge in [-0.05, 0) is 31.4 Å². The van der Waals surface area contributed by atoms with Gasteiger partial charge in [0.15, 0.2) is 0 Å². The molecule has 1 aromatic carbocycles. The summed E-state index contributed by atoms with van der Waals surface area (Å²) >= 11 is 5.97. The number of nitro benzene ring substituents is 1. The van der Waals surface area contributed by atoms with Gasteiger partial charge in [0.2, 0.25) is 5.91 Å². The molecule has 3 rings (SSSR count). The van der Waals surface area contributed by atoms with Gasteiger partial charge < -0.3 is 4.90 Å². The minimum absolute atomic E-state index is 0.0564. The highest BCUT2D eigenvalue weighted by Crippen LogP contribution is 2.29. The number of halogens is 1. The van der Waals surface area contributed by atoms with Crippen molar-refractivity contribution in [3.63, 3.8) is 0 Å². The fourth-order valence-electron chi connectivity index (χ4n) is 4.09. The van der Waals surface area contributed by atoms with Gasteiger partial charge in [-0.3, -0.25) is 19.8 Å². The molecule has 0 aliphatic carbocycles. The maximum Gasteiger partial charge on any atom is 0.276 e. The number of nitrogens with zero attached hydrogens (tertiary/aromatic N) is 3. The molecule has 2 saturated heterocycles. The van der Waals surface area contributed by atoms with E-state index in [2.05, 4.69) is 9.80 Å². The molecule has 0 saturated carbocycles. The van der Waals surface area contributed by atoms with Crippen LogP contribution in [0.25, 0.3) is 6.08 Å². The van der Waals surface area contributed by atoms with Gasteiger partial charge in [-0.25, -0.2) is 0 Å². The van der Waals surface area contributed by atoms with Crippen LogP contribution in [0.5, 0.6) is 0 Å². The van der Waals surface area contributed by atoms with Crippen LogP contribution in [0.4, 0.5) is 5.69 Å². The molecule has 0 N–H and O–H groups in total. The summed E-state index contributed by atoms with van der Waals surface area (Å²) in [6.45, 7) is 4.37. The number of carbonyl (C=O) groups is 1. The Morgan fingerprint density at radius 3 is 2.65 bits per heavy atom. The summed E-state index contributed by atoms with van der Waals surface area (Å²) in [7, 11) is 0. The number of benzene rings is 1. The number of amides is 1. The van der Waals surface area contributed by atoms with Gasteiger partial charge in [0.1, 0.15) is 0 Å². The number of hydrogen-bond acceptors (Lipinski definition) is 4. The highest BCUT2D eigenvalue weighted by atomic mass is 35.5. The van der Waals surface area contributed by atoms with Crippen molar-refractivity contribution in [3.8, 4) is 0 Å². The van der Waals surface area contributed by atoms with E-state index >= 15 is 0 Å². The van der Waals surface area contributed by atoms with Crippen molar-refractivity contribution in [1.29, 1.82) is 0 Å². The van der Waals surface area contributed by atoms with Crippen molar-refractivity contribution in [1.82, 2.24) is 9.80 Å². The Kier molecular flexibility index (Phi) is 5.94. The van der Waals surface area contributed by atoms with E-state index in [9.17, 15) is 14.9 Å². The number of rotatable bonds is 5. The Morgan fingerprint density at radius 1 is 1.35 bits per heavy atom. The van der Waals surface area contributed by atoms with Crippen molar-refractivity contribution in [2.24, 2.45) is 0 Å². The van der Waals surface area contributed by atoms with E-state index in [1.165, 1.54) is 18.6 Å². The molecule has 2 unspecified atom stereocenters. The van der Waals surface area contributed by atoms with Gasteiger partial charge in [-0.1, -0.05) is 30.7 Å². The minimum atomic E-state index is -0.393. The molecule has 2 aliphatic rings. The van der Waals surface area contributed by atoms with Gasteiger partial charge in [0, 0.05) is 49.2 Å².